The maximum absolute atomic E-state index is 11.3. The van der Waals surface area contributed by atoms with Crippen molar-refractivity contribution < 1.29 is 9.90 Å². The van der Waals surface area contributed by atoms with Crippen molar-refractivity contribution in [2.45, 2.75) is 39.7 Å². The number of unbranched alkanes of at least 4 members (excludes halogenated alkanes) is 1. The Kier molecular flexibility index (Phi) is 3.70. The molecule has 0 saturated carbocycles. The lowest BCUT2D eigenvalue weighted by molar-refractivity contribution is 0.0699. The molecule has 1 aromatic carbocycles. The van der Waals surface area contributed by atoms with Crippen molar-refractivity contribution in [3.8, 4) is 0 Å². The van der Waals surface area contributed by atoms with E-state index in [-0.39, 0.29) is 0 Å². The molecule has 0 aliphatic heterocycles. The molecule has 1 N–H and O–H groups in total. The highest BCUT2D eigenvalue weighted by Gasteiger charge is 2.14. The molecule has 18 heavy (non-hydrogen) atoms. The number of aromatic nitrogens is 1. The van der Waals surface area contributed by atoms with E-state index >= 15 is 0 Å². The molecule has 0 unspecified atom stereocenters. The smallest absolute Gasteiger partial charge is 0.337 e. The minimum Gasteiger partial charge on any atom is -0.478 e. The van der Waals surface area contributed by atoms with Crippen LogP contribution >= 0.6 is 0 Å². The van der Waals surface area contributed by atoms with Crippen LogP contribution in [0.5, 0.6) is 0 Å². The Labute approximate surface area is 107 Å². The van der Waals surface area contributed by atoms with E-state index in [2.05, 4.69) is 24.5 Å². The number of benzene rings is 1. The maximum atomic E-state index is 11.3. The van der Waals surface area contributed by atoms with E-state index in [1.807, 2.05) is 12.1 Å². The Morgan fingerprint density at radius 2 is 2.11 bits per heavy atom. The number of hydrogen-bond acceptors (Lipinski definition) is 1. The van der Waals surface area contributed by atoms with Gasteiger partial charge in [-0.05, 0) is 30.5 Å². The number of hydrogen-bond donors (Lipinski definition) is 1. The minimum atomic E-state index is -0.844. The SMILES string of the molecule is CCCCn1cc(C(=O)O)c2cc(CC)ccc21. The summed E-state index contributed by atoms with van der Waals surface area (Å²) in [6, 6.07) is 6.12. The lowest BCUT2D eigenvalue weighted by Crippen LogP contribution is -1.96. The van der Waals surface area contributed by atoms with Crippen molar-refractivity contribution in [1.29, 1.82) is 0 Å². The van der Waals surface area contributed by atoms with Crippen molar-refractivity contribution in [2.75, 3.05) is 0 Å². The van der Waals surface area contributed by atoms with Gasteiger partial charge < -0.3 is 9.67 Å². The molecule has 3 nitrogen and oxygen atoms in total. The summed E-state index contributed by atoms with van der Waals surface area (Å²) in [7, 11) is 0. The number of aryl methyl sites for hydroxylation is 2. The molecule has 0 bridgehead atoms. The van der Waals surface area contributed by atoms with Crippen LogP contribution in [0, 0.1) is 0 Å². The molecular formula is C15H19NO2. The van der Waals surface area contributed by atoms with E-state index in [9.17, 15) is 9.90 Å². The predicted octanol–water partition coefficient (Wildman–Crippen LogP) is 3.70. The molecule has 96 valence electrons. The third-order valence-corrected chi connectivity index (χ3v) is 3.34. The topological polar surface area (TPSA) is 42.2 Å². The van der Waals surface area contributed by atoms with Crippen LogP contribution in [0.15, 0.2) is 24.4 Å². The second kappa shape index (κ2) is 5.25. The number of carbonyl (C=O) groups is 1. The van der Waals surface area contributed by atoms with Gasteiger partial charge in [-0.2, -0.15) is 0 Å². The maximum Gasteiger partial charge on any atom is 0.337 e. The first-order chi connectivity index (χ1) is 8.67. The van der Waals surface area contributed by atoms with Gasteiger partial charge in [0.2, 0.25) is 0 Å². The van der Waals surface area contributed by atoms with Gasteiger partial charge in [-0.3, -0.25) is 0 Å². The summed E-state index contributed by atoms with van der Waals surface area (Å²) in [4.78, 5) is 11.3. The van der Waals surface area contributed by atoms with Crippen LogP contribution in [0.3, 0.4) is 0 Å². The fraction of sp³-hybridized carbons (Fsp3) is 0.400. The molecular weight excluding hydrogens is 226 g/mol. The fourth-order valence-electron chi connectivity index (χ4n) is 2.25. The summed E-state index contributed by atoms with van der Waals surface area (Å²) in [5, 5.41) is 10.1. The first kappa shape index (κ1) is 12.7. The van der Waals surface area contributed by atoms with Gasteiger partial charge in [-0.1, -0.05) is 26.3 Å². The molecule has 2 aromatic rings. The number of nitrogens with zero attached hydrogens (tertiary/aromatic N) is 1. The molecule has 0 aliphatic carbocycles. The van der Waals surface area contributed by atoms with Crippen LogP contribution in [0.25, 0.3) is 10.9 Å². The molecule has 0 amide bonds. The Balaban J connectivity index is 2.56. The molecule has 3 heteroatoms. The summed E-state index contributed by atoms with van der Waals surface area (Å²) >= 11 is 0. The third kappa shape index (κ3) is 2.26. The van der Waals surface area contributed by atoms with Gasteiger partial charge in [0.1, 0.15) is 0 Å². The molecule has 0 atom stereocenters. The van der Waals surface area contributed by atoms with Gasteiger partial charge in [0, 0.05) is 23.6 Å². The highest BCUT2D eigenvalue weighted by atomic mass is 16.4. The van der Waals surface area contributed by atoms with Crippen LogP contribution in [0.4, 0.5) is 0 Å². The normalized spacial score (nSPS) is 11.0. The largest absolute Gasteiger partial charge is 0.478 e. The first-order valence-electron chi connectivity index (χ1n) is 6.52. The second-order valence-electron chi connectivity index (χ2n) is 4.60. The second-order valence-corrected chi connectivity index (χ2v) is 4.60. The van der Waals surface area contributed by atoms with Crippen LogP contribution in [-0.4, -0.2) is 15.6 Å². The molecule has 0 saturated heterocycles. The highest BCUT2D eigenvalue weighted by molar-refractivity contribution is 6.03. The van der Waals surface area contributed by atoms with E-state index in [1.165, 1.54) is 5.56 Å². The zero-order valence-corrected chi connectivity index (χ0v) is 10.9. The molecule has 2 rings (SSSR count). The molecule has 0 spiro atoms. The summed E-state index contributed by atoms with van der Waals surface area (Å²) < 4.78 is 2.06. The van der Waals surface area contributed by atoms with E-state index in [1.54, 1.807) is 6.20 Å². The summed E-state index contributed by atoms with van der Waals surface area (Å²) in [5.74, 6) is -0.844. The molecule has 0 radical (unpaired) electrons. The Morgan fingerprint density at radius 1 is 1.33 bits per heavy atom. The van der Waals surface area contributed by atoms with Gasteiger partial charge >= 0.3 is 5.97 Å². The third-order valence-electron chi connectivity index (χ3n) is 3.34. The average molecular weight is 245 g/mol. The molecule has 0 aliphatic rings. The Bertz CT molecular complexity index is 569. The fourth-order valence-corrected chi connectivity index (χ4v) is 2.25. The lowest BCUT2D eigenvalue weighted by Gasteiger charge is -2.04. The molecule has 1 heterocycles. The van der Waals surface area contributed by atoms with Crippen molar-refractivity contribution in [1.82, 2.24) is 4.57 Å². The Hall–Kier alpha value is -1.77. The zero-order valence-electron chi connectivity index (χ0n) is 10.9. The van der Waals surface area contributed by atoms with Crippen molar-refractivity contribution in [3.05, 3.63) is 35.5 Å². The van der Waals surface area contributed by atoms with Crippen LogP contribution < -0.4 is 0 Å². The standard InChI is InChI=1S/C15H19NO2/c1-3-5-8-16-10-13(15(17)18)12-9-11(4-2)6-7-14(12)16/h6-7,9-10H,3-5,8H2,1-2H3,(H,17,18). The van der Waals surface area contributed by atoms with Crippen LogP contribution in [0.1, 0.15) is 42.6 Å². The van der Waals surface area contributed by atoms with Crippen molar-refractivity contribution >= 4 is 16.9 Å². The van der Waals surface area contributed by atoms with Crippen LogP contribution in [0.2, 0.25) is 0 Å². The van der Waals surface area contributed by atoms with Crippen LogP contribution in [-0.2, 0) is 13.0 Å². The predicted molar refractivity (Wildman–Crippen MR) is 73.2 cm³/mol. The van der Waals surface area contributed by atoms with Crippen molar-refractivity contribution in [3.63, 3.8) is 0 Å². The minimum absolute atomic E-state index is 0.413. The van der Waals surface area contributed by atoms with Gasteiger partial charge in [0.15, 0.2) is 0 Å². The number of aromatic carboxylic acids is 1. The number of carboxylic acid groups (broad SMARTS) is 1. The van der Waals surface area contributed by atoms with Gasteiger partial charge in [-0.25, -0.2) is 4.79 Å². The Morgan fingerprint density at radius 3 is 2.72 bits per heavy atom. The number of fused-ring (bicyclic) bond motifs is 1. The molecule has 0 fully saturated rings. The van der Waals surface area contributed by atoms with E-state index < -0.39 is 5.97 Å². The van der Waals surface area contributed by atoms with Crippen molar-refractivity contribution in [2.24, 2.45) is 0 Å². The lowest BCUT2D eigenvalue weighted by atomic mass is 10.1. The highest BCUT2D eigenvalue weighted by Crippen LogP contribution is 2.24. The zero-order chi connectivity index (χ0) is 13.1. The summed E-state index contributed by atoms with van der Waals surface area (Å²) in [6.45, 7) is 5.10. The monoisotopic (exact) mass is 245 g/mol. The summed E-state index contributed by atoms with van der Waals surface area (Å²) in [5.41, 5.74) is 2.62. The van der Waals surface area contributed by atoms with Gasteiger partial charge in [0.25, 0.3) is 0 Å². The first-order valence-corrected chi connectivity index (χ1v) is 6.52. The van der Waals surface area contributed by atoms with Gasteiger partial charge in [0.05, 0.1) is 5.56 Å². The molecule has 1 aromatic heterocycles. The van der Waals surface area contributed by atoms with E-state index in [0.29, 0.717) is 5.56 Å². The average Bonchev–Trinajstić information content (AvgIpc) is 2.74. The summed E-state index contributed by atoms with van der Waals surface area (Å²) in [6.07, 6.45) is 4.87. The number of carboxylic acids is 1. The quantitative estimate of drug-likeness (QED) is 0.872. The van der Waals surface area contributed by atoms with Gasteiger partial charge in [-0.15, -0.1) is 0 Å². The van der Waals surface area contributed by atoms with E-state index in [4.69, 9.17) is 0 Å². The van der Waals surface area contributed by atoms with E-state index in [0.717, 1.165) is 36.7 Å². The number of rotatable bonds is 5.